The molecule has 1 aromatic carbocycles. The van der Waals surface area contributed by atoms with E-state index in [1.54, 1.807) is 0 Å². The van der Waals surface area contributed by atoms with E-state index in [0.717, 1.165) is 25.0 Å². The van der Waals surface area contributed by atoms with Crippen molar-refractivity contribution >= 4 is 38.5 Å². The van der Waals surface area contributed by atoms with Crippen molar-refractivity contribution in [3.8, 4) is 0 Å². The maximum absolute atomic E-state index is 5.66. The third kappa shape index (κ3) is 7.42. The Bertz CT molecular complexity index is 304. The molecule has 0 fully saturated rings. The summed E-state index contributed by atoms with van der Waals surface area (Å²) in [5.41, 5.74) is 1.40. The Labute approximate surface area is 127 Å². The van der Waals surface area contributed by atoms with E-state index < -0.39 is 0 Å². The second-order valence-electron chi connectivity index (χ2n) is 4.06. The molecule has 0 aliphatic rings. The lowest BCUT2D eigenvalue weighted by Gasteiger charge is -2.06. The minimum Gasteiger partial charge on any atom is -0.381 e. The standard InChI is InChI=1S/C14H20BrIO/c15-10-5-1-2-6-11-17-12-9-13-7-3-4-8-14(13)16/h3-4,7-8H,1-2,5-6,9-12H2. The molecule has 96 valence electrons. The second kappa shape index (κ2) is 10.3. The van der Waals surface area contributed by atoms with Crippen LogP contribution in [-0.2, 0) is 11.2 Å². The fraction of sp³-hybridized carbons (Fsp3) is 0.571. The van der Waals surface area contributed by atoms with Gasteiger partial charge < -0.3 is 4.74 Å². The van der Waals surface area contributed by atoms with E-state index >= 15 is 0 Å². The van der Waals surface area contributed by atoms with Gasteiger partial charge in [-0.2, -0.15) is 0 Å². The Kier molecular flexibility index (Phi) is 9.38. The number of benzene rings is 1. The van der Waals surface area contributed by atoms with Crippen LogP contribution in [0.25, 0.3) is 0 Å². The summed E-state index contributed by atoms with van der Waals surface area (Å²) in [6.45, 7) is 1.75. The largest absolute Gasteiger partial charge is 0.381 e. The van der Waals surface area contributed by atoms with Gasteiger partial charge in [0.05, 0.1) is 6.61 Å². The smallest absolute Gasteiger partial charge is 0.0506 e. The van der Waals surface area contributed by atoms with Crippen molar-refractivity contribution in [3.05, 3.63) is 33.4 Å². The molecule has 1 aromatic rings. The number of hydrogen-bond donors (Lipinski definition) is 0. The van der Waals surface area contributed by atoms with Gasteiger partial charge in [-0.25, -0.2) is 0 Å². The van der Waals surface area contributed by atoms with E-state index in [0.29, 0.717) is 0 Å². The Morgan fingerprint density at radius 3 is 2.53 bits per heavy atom. The number of unbranched alkanes of at least 4 members (excludes halogenated alkanes) is 3. The third-order valence-electron chi connectivity index (χ3n) is 2.65. The summed E-state index contributed by atoms with van der Waals surface area (Å²) >= 11 is 5.83. The summed E-state index contributed by atoms with van der Waals surface area (Å²) in [7, 11) is 0. The maximum Gasteiger partial charge on any atom is 0.0506 e. The molecule has 0 aromatic heterocycles. The van der Waals surface area contributed by atoms with Crippen molar-refractivity contribution < 1.29 is 4.74 Å². The first-order valence-corrected chi connectivity index (χ1v) is 8.41. The Morgan fingerprint density at radius 2 is 1.76 bits per heavy atom. The van der Waals surface area contributed by atoms with Crippen molar-refractivity contribution in [2.75, 3.05) is 18.5 Å². The molecule has 3 heteroatoms. The molecule has 0 heterocycles. The molecule has 0 atom stereocenters. The summed E-state index contributed by atoms with van der Waals surface area (Å²) in [5, 5.41) is 1.13. The highest BCUT2D eigenvalue weighted by atomic mass is 127. The van der Waals surface area contributed by atoms with E-state index in [2.05, 4.69) is 62.8 Å². The highest BCUT2D eigenvalue weighted by Crippen LogP contribution is 2.12. The summed E-state index contributed by atoms with van der Waals surface area (Å²) in [5.74, 6) is 0. The highest BCUT2D eigenvalue weighted by molar-refractivity contribution is 14.1. The van der Waals surface area contributed by atoms with Crippen LogP contribution in [0.5, 0.6) is 0 Å². The lowest BCUT2D eigenvalue weighted by atomic mass is 10.2. The number of hydrogen-bond acceptors (Lipinski definition) is 1. The van der Waals surface area contributed by atoms with Gasteiger partial charge >= 0.3 is 0 Å². The first kappa shape index (κ1) is 15.4. The Hall–Kier alpha value is 0.390. The highest BCUT2D eigenvalue weighted by Gasteiger charge is 1.98. The maximum atomic E-state index is 5.66. The molecular weight excluding hydrogens is 391 g/mol. The van der Waals surface area contributed by atoms with Crippen LogP contribution in [0.1, 0.15) is 31.2 Å². The lowest BCUT2D eigenvalue weighted by molar-refractivity contribution is 0.133. The van der Waals surface area contributed by atoms with E-state index in [4.69, 9.17) is 4.74 Å². The molecule has 1 rings (SSSR count). The topological polar surface area (TPSA) is 9.23 Å². The van der Waals surface area contributed by atoms with Crippen LogP contribution in [0, 0.1) is 3.57 Å². The van der Waals surface area contributed by atoms with Gasteiger partial charge in [0.1, 0.15) is 0 Å². The van der Waals surface area contributed by atoms with Gasteiger partial charge in [-0.05, 0) is 53.5 Å². The van der Waals surface area contributed by atoms with Crippen molar-refractivity contribution in [3.63, 3.8) is 0 Å². The number of rotatable bonds is 9. The first-order valence-electron chi connectivity index (χ1n) is 6.21. The molecular formula is C14H20BrIO. The fourth-order valence-corrected chi connectivity index (χ4v) is 2.69. The number of ether oxygens (including phenoxy) is 1. The number of alkyl halides is 1. The van der Waals surface area contributed by atoms with E-state index in [1.165, 1.54) is 34.8 Å². The fourth-order valence-electron chi connectivity index (χ4n) is 1.64. The Balaban J connectivity index is 1.99. The predicted molar refractivity (Wildman–Crippen MR) is 85.9 cm³/mol. The molecule has 17 heavy (non-hydrogen) atoms. The van der Waals surface area contributed by atoms with Gasteiger partial charge in [0.15, 0.2) is 0 Å². The van der Waals surface area contributed by atoms with Crippen molar-refractivity contribution in [1.29, 1.82) is 0 Å². The molecule has 1 nitrogen and oxygen atoms in total. The Morgan fingerprint density at radius 1 is 1.00 bits per heavy atom. The van der Waals surface area contributed by atoms with Crippen LogP contribution in [0.3, 0.4) is 0 Å². The molecule has 0 aliphatic carbocycles. The minimum absolute atomic E-state index is 0.846. The van der Waals surface area contributed by atoms with Crippen LogP contribution in [0.15, 0.2) is 24.3 Å². The zero-order valence-electron chi connectivity index (χ0n) is 10.1. The normalized spacial score (nSPS) is 10.7. The van der Waals surface area contributed by atoms with Crippen LogP contribution in [-0.4, -0.2) is 18.5 Å². The third-order valence-corrected chi connectivity index (χ3v) is 4.26. The average molecular weight is 411 g/mol. The first-order chi connectivity index (χ1) is 8.34. The van der Waals surface area contributed by atoms with Crippen LogP contribution < -0.4 is 0 Å². The van der Waals surface area contributed by atoms with Gasteiger partial charge in [-0.3, -0.25) is 0 Å². The SMILES string of the molecule is BrCCCCCCOCCc1ccccc1I. The van der Waals surface area contributed by atoms with Crippen LogP contribution in [0.4, 0.5) is 0 Å². The van der Waals surface area contributed by atoms with Crippen molar-refractivity contribution in [2.45, 2.75) is 32.1 Å². The van der Waals surface area contributed by atoms with Gasteiger partial charge in [0.25, 0.3) is 0 Å². The second-order valence-corrected chi connectivity index (χ2v) is 6.01. The van der Waals surface area contributed by atoms with E-state index in [9.17, 15) is 0 Å². The van der Waals surface area contributed by atoms with Crippen LogP contribution >= 0.6 is 38.5 Å². The predicted octanol–water partition coefficient (Wildman–Crippen LogP) is 4.81. The van der Waals surface area contributed by atoms with Gasteiger partial charge in [-0.1, -0.05) is 47.0 Å². The molecule has 0 N–H and O–H groups in total. The summed E-state index contributed by atoms with van der Waals surface area (Å²) in [6.07, 6.45) is 6.10. The van der Waals surface area contributed by atoms with Crippen LogP contribution in [0.2, 0.25) is 0 Å². The molecule has 0 unspecified atom stereocenters. The molecule has 0 bridgehead atoms. The molecule has 0 spiro atoms. The quantitative estimate of drug-likeness (QED) is 0.322. The van der Waals surface area contributed by atoms with E-state index in [-0.39, 0.29) is 0 Å². The average Bonchev–Trinajstić information content (AvgIpc) is 2.35. The molecule has 0 saturated carbocycles. The zero-order valence-corrected chi connectivity index (χ0v) is 13.9. The number of halogens is 2. The summed E-state index contributed by atoms with van der Waals surface area (Å²) in [4.78, 5) is 0. The lowest BCUT2D eigenvalue weighted by Crippen LogP contribution is -2.01. The van der Waals surface area contributed by atoms with E-state index in [1.807, 2.05) is 0 Å². The van der Waals surface area contributed by atoms with Gasteiger partial charge in [0.2, 0.25) is 0 Å². The molecule has 0 radical (unpaired) electrons. The molecule has 0 aliphatic heterocycles. The van der Waals surface area contributed by atoms with Gasteiger partial charge in [0, 0.05) is 15.5 Å². The summed E-state index contributed by atoms with van der Waals surface area (Å²) < 4.78 is 7.00. The zero-order chi connectivity index (χ0) is 12.3. The molecule has 0 amide bonds. The molecule has 0 saturated heterocycles. The summed E-state index contributed by atoms with van der Waals surface area (Å²) in [6, 6.07) is 8.51. The van der Waals surface area contributed by atoms with Crippen molar-refractivity contribution in [1.82, 2.24) is 0 Å². The van der Waals surface area contributed by atoms with Crippen molar-refractivity contribution in [2.24, 2.45) is 0 Å². The monoisotopic (exact) mass is 410 g/mol. The van der Waals surface area contributed by atoms with Gasteiger partial charge in [-0.15, -0.1) is 0 Å². The minimum atomic E-state index is 0.846.